The molecule has 1 N–H and O–H groups in total. The van der Waals surface area contributed by atoms with Crippen LogP contribution in [0.15, 0.2) is 48.8 Å². The molecule has 9 heteroatoms. The lowest BCUT2D eigenvalue weighted by Gasteiger charge is -2.14. The molecule has 3 rings (SSSR count). The lowest BCUT2D eigenvalue weighted by Crippen LogP contribution is -2.26. The fourth-order valence-corrected chi connectivity index (χ4v) is 3.64. The number of nitro groups is 1. The van der Waals surface area contributed by atoms with Gasteiger partial charge in [-0.05, 0) is 55.7 Å². The Morgan fingerprint density at radius 2 is 1.76 bits per heavy atom. The SMILES string of the molecule is COc1cc(CCNC(=O)c2cc(C)c(OCc3cccnc3)c(C)c2)c([N+](=O)[O-])cc1OC. The van der Waals surface area contributed by atoms with Crippen molar-refractivity contribution in [3.05, 3.63) is 86.7 Å². The van der Waals surface area contributed by atoms with Gasteiger partial charge >= 0.3 is 0 Å². The van der Waals surface area contributed by atoms with E-state index in [0.717, 1.165) is 22.4 Å². The molecule has 1 amide bonds. The molecule has 0 saturated heterocycles. The third kappa shape index (κ3) is 5.80. The van der Waals surface area contributed by atoms with Crippen molar-refractivity contribution < 1.29 is 23.9 Å². The highest BCUT2D eigenvalue weighted by atomic mass is 16.6. The molecule has 0 aliphatic rings. The van der Waals surface area contributed by atoms with E-state index in [2.05, 4.69) is 10.3 Å². The number of carbonyl (C=O) groups excluding carboxylic acids is 1. The average molecular weight is 466 g/mol. The first-order chi connectivity index (χ1) is 16.3. The predicted octanol–water partition coefficient (Wildman–Crippen LogP) is 4.18. The van der Waals surface area contributed by atoms with Crippen molar-refractivity contribution in [1.82, 2.24) is 10.3 Å². The Balaban J connectivity index is 1.67. The Hall–Kier alpha value is -4.14. The monoisotopic (exact) mass is 465 g/mol. The molecule has 178 valence electrons. The van der Waals surface area contributed by atoms with Gasteiger partial charge in [-0.3, -0.25) is 19.9 Å². The van der Waals surface area contributed by atoms with Crippen molar-refractivity contribution in [2.24, 2.45) is 0 Å². The van der Waals surface area contributed by atoms with Crippen molar-refractivity contribution in [1.29, 1.82) is 0 Å². The zero-order valence-electron chi connectivity index (χ0n) is 19.6. The van der Waals surface area contributed by atoms with E-state index in [1.807, 2.05) is 26.0 Å². The quantitative estimate of drug-likeness (QED) is 0.353. The van der Waals surface area contributed by atoms with Gasteiger partial charge in [-0.2, -0.15) is 0 Å². The van der Waals surface area contributed by atoms with Gasteiger partial charge in [0.1, 0.15) is 12.4 Å². The van der Waals surface area contributed by atoms with Crippen LogP contribution in [0, 0.1) is 24.0 Å². The second-order valence-electron chi connectivity index (χ2n) is 7.69. The van der Waals surface area contributed by atoms with Gasteiger partial charge in [0.2, 0.25) is 0 Å². The number of aryl methyl sites for hydroxylation is 2. The van der Waals surface area contributed by atoms with Gasteiger partial charge in [-0.1, -0.05) is 6.07 Å². The molecule has 0 aliphatic heterocycles. The van der Waals surface area contributed by atoms with E-state index >= 15 is 0 Å². The second-order valence-corrected chi connectivity index (χ2v) is 7.69. The molecule has 0 spiro atoms. The van der Waals surface area contributed by atoms with Crippen LogP contribution in [-0.2, 0) is 13.0 Å². The van der Waals surface area contributed by atoms with Gasteiger partial charge in [0.25, 0.3) is 11.6 Å². The Morgan fingerprint density at radius 1 is 1.09 bits per heavy atom. The van der Waals surface area contributed by atoms with Crippen LogP contribution < -0.4 is 19.5 Å². The molecule has 0 atom stereocenters. The van der Waals surface area contributed by atoms with Crippen molar-refractivity contribution in [2.75, 3.05) is 20.8 Å². The van der Waals surface area contributed by atoms with E-state index < -0.39 is 4.92 Å². The number of benzene rings is 2. The molecular weight excluding hydrogens is 438 g/mol. The van der Waals surface area contributed by atoms with Crippen molar-refractivity contribution in [2.45, 2.75) is 26.9 Å². The number of pyridine rings is 1. The van der Waals surface area contributed by atoms with Crippen LogP contribution >= 0.6 is 0 Å². The van der Waals surface area contributed by atoms with E-state index in [9.17, 15) is 14.9 Å². The zero-order valence-corrected chi connectivity index (χ0v) is 19.6. The Kier molecular flexibility index (Phi) is 8.02. The maximum Gasteiger partial charge on any atom is 0.276 e. The Bertz CT molecular complexity index is 1160. The van der Waals surface area contributed by atoms with E-state index in [4.69, 9.17) is 14.2 Å². The van der Waals surface area contributed by atoms with Crippen LogP contribution in [0.1, 0.15) is 32.6 Å². The molecule has 0 aliphatic carbocycles. The maximum atomic E-state index is 12.7. The highest BCUT2D eigenvalue weighted by Crippen LogP contribution is 2.34. The summed E-state index contributed by atoms with van der Waals surface area (Å²) in [5.41, 5.74) is 3.47. The molecule has 34 heavy (non-hydrogen) atoms. The third-order valence-electron chi connectivity index (χ3n) is 5.29. The van der Waals surface area contributed by atoms with Crippen LogP contribution in [0.25, 0.3) is 0 Å². The minimum absolute atomic E-state index is 0.0892. The van der Waals surface area contributed by atoms with Crippen LogP contribution in [0.5, 0.6) is 17.2 Å². The fourth-order valence-electron chi connectivity index (χ4n) is 3.64. The number of nitrogens with zero attached hydrogens (tertiary/aromatic N) is 2. The van der Waals surface area contributed by atoms with Crippen LogP contribution in [0.4, 0.5) is 5.69 Å². The van der Waals surface area contributed by atoms with Gasteiger partial charge in [0.15, 0.2) is 11.5 Å². The summed E-state index contributed by atoms with van der Waals surface area (Å²) in [6.45, 7) is 4.36. The Morgan fingerprint density at radius 3 is 2.35 bits per heavy atom. The lowest BCUT2D eigenvalue weighted by molar-refractivity contribution is -0.385. The molecule has 1 aromatic heterocycles. The molecule has 0 saturated carbocycles. The van der Waals surface area contributed by atoms with Crippen LogP contribution in [0.2, 0.25) is 0 Å². The number of carbonyl (C=O) groups is 1. The number of amides is 1. The molecular formula is C25H27N3O6. The summed E-state index contributed by atoms with van der Waals surface area (Å²) in [6.07, 6.45) is 3.71. The molecule has 0 bridgehead atoms. The summed E-state index contributed by atoms with van der Waals surface area (Å²) < 4.78 is 16.3. The van der Waals surface area contributed by atoms with Gasteiger partial charge in [-0.15, -0.1) is 0 Å². The number of methoxy groups -OCH3 is 2. The van der Waals surface area contributed by atoms with E-state index in [1.165, 1.54) is 20.3 Å². The topological polar surface area (TPSA) is 113 Å². The summed E-state index contributed by atoms with van der Waals surface area (Å²) in [5.74, 6) is 1.12. The summed E-state index contributed by atoms with van der Waals surface area (Å²) >= 11 is 0. The molecule has 3 aromatic rings. The minimum atomic E-state index is -0.476. The van der Waals surface area contributed by atoms with Crippen molar-refractivity contribution >= 4 is 11.6 Å². The molecule has 1 heterocycles. The van der Waals surface area contributed by atoms with E-state index in [-0.39, 0.29) is 30.3 Å². The molecule has 2 aromatic carbocycles. The normalized spacial score (nSPS) is 10.5. The van der Waals surface area contributed by atoms with Gasteiger partial charge in [-0.25, -0.2) is 0 Å². The molecule has 0 fully saturated rings. The maximum absolute atomic E-state index is 12.7. The second kappa shape index (κ2) is 11.1. The summed E-state index contributed by atoms with van der Waals surface area (Å²) in [4.78, 5) is 27.8. The van der Waals surface area contributed by atoms with E-state index in [0.29, 0.717) is 23.5 Å². The van der Waals surface area contributed by atoms with Crippen LogP contribution in [0.3, 0.4) is 0 Å². The zero-order chi connectivity index (χ0) is 24.7. The number of ether oxygens (including phenoxy) is 3. The fraction of sp³-hybridized carbons (Fsp3) is 0.280. The summed E-state index contributed by atoms with van der Waals surface area (Å²) in [6, 6.07) is 10.2. The summed E-state index contributed by atoms with van der Waals surface area (Å²) in [5, 5.41) is 14.3. The first-order valence-electron chi connectivity index (χ1n) is 10.6. The minimum Gasteiger partial charge on any atom is -0.493 e. The first-order valence-corrected chi connectivity index (χ1v) is 10.6. The Labute approximate surface area is 197 Å². The van der Waals surface area contributed by atoms with Gasteiger partial charge < -0.3 is 19.5 Å². The van der Waals surface area contributed by atoms with Crippen LogP contribution in [-0.4, -0.2) is 36.6 Å². The number of nitrogens with one attached hydrogen (secondary N) is 1. The average Bonchev–Trinajstić information content (AvgIpc) is 2.83. The third-order valence-corrected chi connectivity index (χ3v) is 5.29. The number of nitro benzene ring substituents is 1. The number of hydrogen-bond donors (Lipinski definition) is 1. The lowest BCUT2D eigenvalue weighted by atomic mass is 10.0. The number of hydrogen-bond acceptors (Lipinski definition) is 7. The van der Waals surface area contributed by atoms with E-state index in [1.54, 1.807) is 30.6 Å². The highest BCUT2D eigenvalue weighted by molar-refractivity contribution is 5.94. The van der Waals surface area contributed by atoms with Gasteiger partial charge in [0, 0.05) is 35.6 Å². The van der Waals surface area contributed by atoms with Gasteiger partial charge in [0.05, 0.1) is 25.2 Å². The molecule has 9 nitrogen and oxygen atoms in total. The number of rotatable bonds is 10. The largest absolute Gasteiger partial charge is 0.493 e. The first kappa shape index (κ1) is 24.5. The van der Waals surface area contributed by atoms with Crippen molar-refractivity contribution in [3.63, 3.8) is 0 Å². The highest BCUT2D eigenvalue weighted by Gasteiger charge is 2.20. The van der Waals surface area contributed by atoms with Crippen molar-refractivity contribution in [3.8, 4) is 17.2 Å². The molecule has 0 unspecified atom stereocenters. The standard InChI is InChI=1S/C25H27N3O6/c1-16-10-20(11-17(2)24(16)34-15-18-6-5-8-26-14-18)25(29)27-9-7-19-12-22(32-3)23(33-4)13-21(19)28(30)31/h5-6,8,10-14H,7,9,15H2,1-4H3,(H,27,29). The smallest absolute Gasteiger partial charge is 0.276 e. The predicted molar refractivity (Wildman–Crippen MR) is 127 cm³/mol. The molecule has 0 radical (unpaired) electrons. The number of aromatic nitrogens is 1. The summed E-state index contributed by atoms with van der Waals surface area (Å²) in [7, 11) is 2.88.